The Hall–Kier alpha value is -0.560. The van der Waals surface area contributed by atoms with Crippen LogP contribution in [-0.2, 0) is 27.8 Å². The van der Waals surface area contributed by atoms with Crippen LogP contribution in [0.4, 0.5) is 0 Å². The smallest absolute Gasteiger partial charge is 0.390 e. The number of rotatable bonds is 10. The van der Waals surface area contributed by atoms with E-state index in [1.54, 1.807) is 0 Å². The molecule has 23 heavy (non-hydrogen) atoms. The topological polar surface area (TPSA) is 228 Å². The monoisotopic (exact) mass is 384 g/mol. The lowest BCUT2D eigenvalue weighted by atomic mass is 10.2. The highest BCUT2D eigenvalue weighted by Gasteiger charge is 2.21. The van der Waals surface area contributed by atoms with Crippen LogP contribution >= 0.6 is 15.6 Å². The van der Waals surface area contributed by atoms with Crippen LogP contribution in [0.1, 0.15) is 6.42 Å². The Balaban J connectivity index is 0. The second-order valence-electron chi connectivity index (χ2n) is 3.81. The third kappa shape index (κ3) is 19.4. The summed E-state index contributed by atoms with van der Waals surface area (Å²) in [5, 5.41) is 26.2. The minimum atomic E-state index is -4.64. The molecule has 0 radical (unpaired) electrons. The molecule has 15 heteroatoms. The summed E-state index contributed by atoms with van der Waals surface area (Å²) in [6, 6.07) is 0. The molecule has 138 valence electrons. The Morgan fingerprint density at radius 3 is 1.61 bits per heavy atom. The molecule has 0 rings (SSSR count). The summed E-state index contributed by atoms with van der Waals surface area (Å²) in [4.78, 5) is 52.0. The van der Waals surface area contributed by atoms with Crippen molar-refractivity contribution in [3.8, 4) is 0 Å². The van der Waals surface area contributed by atoms with E-state index >= 15 is 0 Å². The summed E-state index contributed by atoms with van der Waals surface area (Å²) in [6.07, 6.45) is -4.15. The van der Waals surface area contributed by atoms with Gasteiger partial charge in [-0.15, -0.1) is 0 Å². The zero-order valence-electron chi connectivity index (χ0n) is 11.5. The second-order valence-corrected chi connectivity index (χ2v) is 6.29. The molecular weight excluding hydrogens is 366 g/mol. The van der Waals surface area contributed by atoms with Gasteiger partial charge < -0.3 is 44.5 Å². The average Bonchev–Trinajstić information content (AvgIpc) is 2.41. The number of carbonyl (C=O) groups is 2. The van der Waals surface area contributed by atoms with Crippen LogP contribution in [0.3, 0.4) is 0 Å². The van der Waals surface area contributed by atoms with Crippen LogP contribution in [0.5, 0.6) is 0 Å². The molecule has 0 heterocycles. The van der Waals surface area contributed by atoms with E-state index in [0.717, 1.165) is 0 Å². The fraction of sp³-hybridized carbons (Fsp3) is 0.750. The molecule has 13 nitrogen and oxygen atoms in total. The maximum Gasteiger partial charge on any atom is 0.469 e. The number of aliphatic hydroxyl groups is 3. The zero-order valence-corrected chi connectivity index (χ0v) is 13.3. The molecule has 0 aliphatic rings. The van der Waals surface area contributed by atoms with E-state index in [0.29, 0.717) is 6.29 Å². The summed E-state index contributed by atoms with van der Waals surface area (Å²) in [5.41, 5.74) is 0. The van der Waals surface area contributed by atoms with Gasteiger partial charge in [-0.05, 0) is 0 Å². The van der Waals surface area contributed by atoms with Gasteiger partial charge in [0.15, 0.2) is 6.29 Å². The largest absolute Gasteiger partial charge is 0.469 e. The van der Waals surface area contributed by atoms with Gasteiger partial charge in [0.1, 0.15) is 18.5 Å². The SMILES string of the molecule is O=CC(O)COP(=O)(O)O.O=CC[C@H](O)[C@H](O)COP(=O)(O)O. The van der Waals surface area contributed by atoms with Crippen molar-refractivity contribution in [3.05, 3.63) is 0 Å². The standard InChI is InChI=1S/C5H11O7P.C3H7O6P/c6-2-1-4(7)5(8)3-12-13(9,10)11;4-1-3(5)2-9-10(6,7)8/h2,4-5,7-8H,1,3H2,(H2,9,10,11);1,3,5H,2H2,(H2,6,7,8)/t4-,5+;/m0./s1. The lowest BCUT2D eigenvalue weighted by molar-refractivity contribution is -0.116. The molecule has 0 aliphatic heterocycles. The van der Waals surface area contributed by atoms with Crippen molar-refractivity contribution in [2.45, 2.75) is 24.7 Å². The number of hydrogen-bond acceptors (Lipinski definition) is 9. The van der Waals surface area contributed by atoms with Gasteiger partial charge in [-0.1, -0.05) is 0 Å². The van der Waals surface area contributed by atoms with Gasteiger partial charge in [-0.25, -0.2) is 9.13 Å². The Labute approximate surface area is 130 Å². The number of hydrogen-bond donors (Lipinski definition) is 7. The van der Waals surface area contributed by atoms with Gasteiger partial charge >= 0.3 is 15.6 Å². The van der Waals surface area contributed by atoms with Gasteiger partial charge in [-0.3, -0.25) is 9.05 Å². The molecule has 0 saturated heterocycles. The fourth-order valence-corrected chi connectivity index (χ4v) is 1.45. The van der Waals surface area contributed by atoms with Crippen LogP contribution in [0.2, 0.25) is 0 Å². The second kappa shape index (κ2) is 11.9. The molecule has 1 unspecified atom stereocenters. The Morgan fingerprint density at radius 2 is 1.26 bits per heavy atom. The zero-order chi connectivity index (χ0) is 18.7. The molecule has 0 bridgehead atoms. The van der Waals surface area contributed by atoms with Gasteiger partial charge in [0.25, 0.3) is 0 Å². The molecule has 0 aromatic rings. The number of phosphoric ester groups is 2. The minimum absolute atomic E-state index is 0.121. The van der Waals surface area contributed by atoms with E-state index < -0.39 is 47.2 Å². The first-order chi connectivity index (χ1) is 10.3. The molecule has 0 aromatic heterocycles. The molecule has 0 aliphatic carbocycles. The molecular formula is C8H18O13P2. The van der Waals surface area contributed by atoms with Crippen LogP contribution in [0.25, 0.3) is 0 Å². The van der Waals surface area contributed by atoms with Crippen molar-refractivity contribution in [1.29, 1.82) is 0 Å². The molecule has 0 fully saturated rings. The molecule has 0 saturated carbocycles. The van der Waals surface area contributed by atoms with Crippen LogP contribution < -0.4 is 0 Å². The predicted octanol–water partition coefficient (Wildman–Crippen LogP) is -2.94. The lowest BCUT2D eigenvalue weighted by Crippen LogP contribution is -2.30. The molecule has 3 atom stereocenters. The highest BCUT2D eigenvalue weighted by atomic mass is 31.2. The minimum Gasteiger partial charge on any atom is -0.390 e. The highest BCUT2D eigenvalue weighted by Crippen LogP contribution is 2.36. The van der Waals surface area contributed by atoms with E-state index in [9.17, 15) is 18.7 Å². The van der Waals surface area contributed by atoms with E-state index in [4.69, 9.17) is 34.9 Å². The number of phosphoric acid groups is 2. The quantitative estimate of drug-likeness (QED) is 0.148. The molecule has 0 amide bonds. The maximum absolute atomic E-state index is 10.1. The summed E-state index contributed by atoms with van der Waals surface area (Å²) in [5.74, 6) is 0. The molecule has 0 spiro atoms. The lowest BCUT2D eigenvalue weighted by Gasteiger charge is -2.15. The predicted molar refractivity (Wildman–Crippen MR) is 70.8 cm³/mol. The normalized spacial score (nSPS) is 15.8. The van der Waals surface area contributed by atoms with E-state index in [1.165, 1.54) is 0 Å². The van der Waals surface area contributed by atoms with Gasteiger partial charge in [0, 0.05) is 6.42 Å². The number of aldehydes is 2. The molecule has 7 N–H and O–H groups in total. The van der Waals surface area contributed by atoms with Crippen molar-refractivity contribution < 1.29 is 62.7 Å². The summed E-state index contributed by atoms with van der Waals surface area (Å²) < 4.78 is 27.7. The maximum atomic E-state index is 10.1. The first-order valence-corrected chi connectivity index (χ1v) is 8.71. The summed E-state index contributed by atoms with van der Waals surface area (Å²) >= 11 is 0. The van der Waals surface area contributed by atoms with E-state index in [2.05, 4.69) is 9.05 Å². The number of aliphatic hydroxyl groups excluding tert-OH is 3. The Kier molecular flexibility index (Phi) is 12.8. The van der Waals surface area contributed by atoms with Gasteiger partial charge in [-0.2, -0.15) is 0 Å². The Morgan fingerprint density at radius 1 is 0.826 bits per heavy atom. The number of carbonyl (C=O) groups excluding carboxylic acids is 2. The van der Waals surface area contributed by atoms with Gasteiger partial charge in [0.05, 0.1) is 19.3 Å². The first kappa shape index (κ1) is 24.7. The Bertz CT molecular complexity index is 428. The highest BCUT2D eigenvalue weighted by molar-refractivity contribution is 7.46. The molecule has 0 aromatic carbocycles. The third-order valence-electron chi connectivity index (χ3n) is 1.77. The van der Waals surface area contributed by atoms with Gasteiger partial charge in [0.2, 0.25) is 0 Å². The van der Waals surface area contributed by atoms with Crippen LogP contribution in [0.15, 0.2) is 0 Å². The van der Waals surface area contributed by atoms with Crippen molar-refractivity contribution in [2.75, 3.05) is 13.2 Å². The van der Waals surface area contributed by atoms with Crippen molar-refractivity contribution in [3.63, 3.8) is 0 Å². The van der Waals surface area contributed by atoms with E-state index in [1.807, 2.05) is 0 Å². The van der Waals surface area contributed by atoms with Crippen LogP contribution in [-0.4, -0.2) is 79.0 Å². The third-order valence-corrected chi connectivity index (χ3v) is 2.74. The van der Waals surface area contributed by atoms with Crippen LogP contribution in [0, 0.1) is 0 Å². The average molecular weight is 384 g/mol. The summed E-state index contributed by atoms with van der Waals surface area (Å²) in [6.45, 7) is -1.41. The van der Waals surface area contributed by atoms with E-state index in [-0.39, 0.29) is 12.7 Å². The van der Waals surface area contributed by atoms with Crippen molar-refractivity contribution >= 4 is 28.2 Å². The van der Waals surface area contributed by atoms with Crippen molar-refractivity contribution in [2.24, 2.45) is 0 Å². The fourth-order valence-electron chi connectivity index (χ4n) is 0.753. The van der Waals surface area contributed by atoms with Crippen molar-refractivity contribution in [1.82, 2.24) is 0 Å². The first-order valence-electron chi connectivity index (χ1n) is 5.65. The summed E-state index contributed by atoms with van der Waals surface area (Å²) in [7, 11) is -9.19.